The number of nitrogens with one attached hydrogen (secondary N) is 3. The van der Waals surface area contributed by atoms with E-state index in [0.717, 1.165) is 12.0 Å². The molecular weight excluding hydrogens is 501 g/mol. The molecule has 1 aliphatic carbocycles. The summed E-state index contributed by atoms with van der Waals surface area (Å²) in [5, 5.41) is 18.5. The summed E-state index contributed by atoms with van der Waals surface area (Å²) in [4.78, 5) is 23.9. The molecule has 2 amide bonds. The molecule has 0 heterocycles. The Kier molecular flexibility index (Phi) is 11.3. The van der Waals surface area contributed by atoms with Crippen molar-refractivity contribution in [3.8, 4) is 0 Å². The largest absolute Gasteiger partial charge is 0.465 e. The van der Waals surface area contributed by atoms with Crippen molar-refractivity contribution in [2.75, 3.05) is 26.7 Å². The molecule has 7 nitrogen and oxygen atoms in total. The molecule has 2 aromatic carbocycles. The van der Waals surface area contributed by atoms with E-state index in [2.05, 4.69) is 16.0 Å². The van der Waals surface area contributed by atoms with Gasteiger partial charge in [0.15, 0.2) is 0 Å². The van der Waals surface area contributed by atoms with E-state index in [1.807, 2.05) is 19.2 Å². The molecule has 36 heavy (non-hydrogen) atoms. The lowest BCUT2D eigenvalue weighted by Crippen LogP contribution is -2.40. The minimum absolute atomic E-state index is 0.118. The SMILES string of the molecule is CN[C@@H](CNC(=O)c1cc(Cl)cc(C(OCCNC(=O)O)c2cccc(Cl)c2)c1)CC1CCCCC1. The van der Waals surface area contributed by atoms with Gasteiger partial charge in [-0.1, -0.05) is 67.4 Å². The lowest BCUT2D eigenvalue weighted by molar-refractivity contribution is 0.0813. The molecule has 1 fully saturated rings. The summed E-state index contributed by atoms with van der Waals surface area (Å²) in [7, 11) is 1.93. The topological polar surface area (TPSA) is 99.7 Å². The number of carbonyl (C=O) groups is 2. The first-order valence-corrected chi connectivity index (χ1v) is 13.2. The maximum Gasteiger partial charge on any atom is 0.404 e. The van der Waals surface area contributed by atoms with Crippen molar-refractivity contribution < 1.29 is 19.4 Å². The van der Waals surface area contributed by atoms with Gasteiger partial charge in [-0.25, -0.2) is 4.79 Å². The molecule has 0 aliphatic heterocycles. The van der Waals surface area contributed by atoms with Gasteiger partial charge in [-0.05, 0) is 60.8 Å². The highest BCUT2D eigenvalue weighted by atomic mass is 35.5. The Bertz CT molecular complexity index is 1010. The van der Waals surface area contributed by atoms with Crippen LogP contribution in [0, 0.1) is 5.92 Å². The molecule has 0 radical (unpaired) electrons. The van der Waals surface area contributed by atoms with Crippen LogP contribution in [0.1, 0.15) is 66.1 Å². The van der Waals surface area contributed by atoms with Crippen LogP contribution in [0.2, 0.25) is 10.0 Å². The Morgan fingerprint density at radius 2 is 1.78 bits per heavy atom. The molecule has 0 aromatic heterocycles. The van der Waals surface area contributed by atoms with Crippen LogP contribution in [0.3, 0.4) is 0 Å². The number of hydrogen-bond acceptors (Lipinski definition) is 4. The number of ether oxygens (including phenoxy) is 1. The molecule has 0 spiro atoms. The van der Waals surface area contributed by atoms with Gasteiger partial charge in [0.25, 0.3) is 5.91 Å². The first-order chi connectivity index (χ1) is 17.4. The van der Waals surface area contributed by atoms with E-state index in [9.17, 15) is 9.59 Å². The highest BCUT2D eigenvalue weighted by Gasteiger charge is 2.21. The van der Waals surface area contributed by atoms with Crippen LogP contribution in [-0.4, -0.2) is 49.9 Å². The smallest absolute Gasteiger partial charge is 0.404 e. The lowest BCUT2D eigenvalue weighted by atomic mass is 9.85. The second-order valence-corrected chi connectivity index (χ2v) is 10.1. The van der Waals surface area contributed by atoms with E-state index < -0.39 is 12.2 Å². The number of rotatable bonds is 12. The fourth-order valence-corrected chi connectivity index (χ4v) is 5.17. The monoisotopic (exact) mass is 535 g/mol. The molecule has 1 unspecified atom stereocenters. The summed E-state index contributed by atoms with van der Waals surface area (Å²) in [5.41, 5.74) is 1.89. The molecule has 9 heteroatoms. The summed E-state index contributed by atoms with van der Waals surface area (Å²) in [5.74, 6) is 0.497. The van der Waals surface area contributed by atoms with E-state index in [-0.39, 0.29) is 25.1 Å². The zero-order valence-corrected chi connectivity index (χ0v) is 22.1. The molecule has 3 rings (SSSR count). The molecule has 4 N–H and O–H groups in total. The van der Waals surface area contributed by atoms with Crippen molar-refractivity contribution in [1.29, 1.82) is 0 Å². The third-order valence-corrected chi connectivity index (χ3v) is 7.01. The van der Waals surface area contributed by atoms with Crippen LogP contribution in [0.15, 0.2) is 42.5 Å². The predicted octanol–water partition coefficient (Wildman–Crippen LogP) is 5.66. The van der Waals surface area contributed by atoms with Crippen LogP contribution >= 0.6 is 23.2 Å². The summed E-state index contributed by atoms with van der Waals surface area (Å²) in [6.45, 7) is 0.776. The van der Waals surface area contributed by atoms with Gasteiger partial charge in [-0.2, -0.15) is 0 Å². The molecular formula is C27H35Cl2N3O4. The second-order valence-electron chi connectivity index (χ2n) is 9.25. The Labute approximate surface area is 222 Å². The first-order valence-electron chi connectivity index (χ1n) is 12.5. The molecule has 2 aromatic rings. The average molecular weight is 537 g/mol. The molecule has 2 atom stereocenters. The summed E-state index contributed by atoms with van der Waals surface area (Å²) >= 11 is 12.6. The maximum atomic E-state index is 13.1. The van der Waals surface area contributed by atoms with E-state index in [1.165, 1.54) is 32.1 Å². The average Bonchev–Trinajstić information content (AvgIpc) is 2.86. The summed E-state index contributed by atoms with van der Waals surface area (Å²) in [6.07, 6.45) is 5.77. The van der Waals surface area contributed by atoms with Crippen molar-refractivity contribution in [1.82, 2.24) is 16.0 Å². The molecule has 1 saturated carbocycles. The van der Waals surface area contributed by atoms with E-state index in [0.29, 0.717) is 33.6 Å². The number of hydrogen-bond donors (Lipinski definition) is 4. The van der Waals surface area contributed by atoms with Crippen LogP contribution < -0.4 is 16.0 Å². The summed E-state index contributed by atoms with van der Waals surface area (Å²) in [6, 6.07) is 12.6. The fourth-order valence-electron chi connectivity index (χ4n) is 4.73. The van der Waals surface area contributed by atoms with Crippen molar-refractivity contribution in [3.05, 3.63) is 69.2 Å². The Morgan fingerprint density at radius 1 is 1.03 bits per heavy atom. The van der Waals surface area contributed by atoms with Gasteiger partial charge in [-0.3, -0.25) is 4.79 Å². The summed E-state index contributed by atoms with van der Waals surface area (Å²) < 4.78 is 6.02. The molecule has 1 aliphatic rings. The predicted molar refractivity (Wildman–Crippen MR) is 143 cm³/mol. The van der Waals surface area contributed by atoms with Crippen molar-refractivity contribution >= 4 is 35.2 Å². The second kappa shape index (κ2) is 14.4. The van der Waals surface area contributed by atoms with Crippen molar-refractivity contribution in [3.63, 3.8) is 0 Å². The number of carbonyl (C=O) groups excluding carboxylic acids is 1. The molecule has 196 valence electrons. The van der Waals surface area contributed by atoms with Gasteiger partial charge in [0.2, 0.25) is 0 Å². The van der Waals surface area contributed by atoms with Crippen LogP contribution in [0.5, 0.6) is 0 Å². The van der Waals surface area contributed by atoms with Gasteiger partial charge in [0.05, 0.1) is 6.61 Å². The number of likely N-dealkylation sites (N-methyl/N-ethyl adjacent to an activating group) is 1. The van der Waals surface area contributed by atoms with Crippen LogP contribution in [0.25, 0.3) is 0 Å². The van der Waals surface area contributed by atoms with Gasteiger partial charge < -0.3 is 25.8 Å². The Morgan fingerprint density at radius 3 is 2.47 bits per heavy atom. The van der Waals surface area contributed by atoms with Gasteiger partial charge >= 0.3 is 6.09 Å². The first kappa shape index (κ1) is 28.3. The van der Waals surface area contributed by atoms with E-state index >= 15 is 0 Å². The zero-order chi connectivity index (χ0) is 25.9. The fraction of sp³-hybridized carbons (Fsp3) is 0.481. The minimum Gasteiger partial charge on any atom is -0.465 e. The highest BCUT2D eigenvalue weighted by Crippen LogP contribution is 2.31. The number of carboxylic acid groups (broad SMARTS) is 1. The molecule has 0 saturated heterocycles. The highest BCUT2D eigenvalue weighted by molar-refractivity contribution is 6.31. The van der Waals surface area contributed by atoms with Crippen LogP contribution in [-0.2, 0) is 4.74 Å². The number of amides is 2. The number of benzene rings is 2. The quantitative estimate of drug-likeness (QED) is 0.263. The molecule has 0 bridgehead atoms. The lowest BCUT2D eigenvalue weighted by Gasteiger charge is -2.26. The van der Waals surface area contributed by atoms with E-state index in [1.54, 1.807) is 30.3 Å². The third kappa shape index (κ3) is 8.96. The normalized spacial score (nSPS) is 15.8. The maximum absolute atomic E-state index is 13.1. The van der Waals surface area contributed by atoms with Gasteiger partial charge in [0.1, 0.15) is 6.10 Å². The van der Waals surface area contributed by atoms with Gasteiger partial charge in [-0.15, -0.1) is 0 Å². The van der Waals surface area contributed by atoms with E-state index in [4.69, 9.17) is 33.0 Å². The Hall–Kier alpha value is -2.32. The zero-order valence-electron chi connectivity index (χ0n) is 20.6. The number of halogens is 2. The van der Waals surface area contributed by atoms with Crippen molar-refractivity contribution in [2.24, 2.45) is 5.92 Å². The third-order valence-electron chi connectivity index (χ3n) is 6.56. The standard InChI is InChI=1S/C27H35Cl2N3O4/c1-30-24(12-18-6-3-2-4-7-18)17-32-26(33)21-13-20(15-23(29)16-21)25(36-11-10-31-27(34)35)19-8-5-9-22(28)14-19/h5,8-9,13-16,18,24-25,30-31H,2-4,6-7,10-12,17H2,1H3,(H,32,33)(H,34,35)/t24-,25?/m1/s1. The minimum atomic E-state index is -1.12. The van der Waals surface area contributed by atoms with Crippen molar-refractivity contribution in [2.45, 2.75) is 50.7 Å². The van der Waals surface area contributed by atoms with Crippen LogP contribution in [0.4, 0.5) is 4.79 Å². The Balaban J connectivity index is 1.72. The van der Waals surface area contributed by atoms with Gasteiger partial charge in [0, 0.05) is 34.7 Å².